The molecule has 11 rings (SSSR count). The largest absolute Gasteiger partial charge is 0.398 e. The van der Waals surface area contributed by atoms with Gasteiger partial charge in [0.25, 0.3) is 22.5 Å². The minimum atomic E-state index is -4.34. The van der Waals surface area contributed by atoms with E-state index in [1.54, 1.807) is 28.6 Å². The quantitative estimate of drug-likeness (QED) is 0.00896. The molecule has 0 amide bonds. The number of nitro groups is 2. The van der Waals surface area contributed by atoms with E-state index < -0.39 is 52.4 Å². The molecular weight excluding hydrogens is 1370 g/mol. The third-order valence-corrected chi connectivity index (χ3v) is 26.4. The fourth-order valence-corrected chi connectivity index (χ4v) is 20.0. The number of unbranched alkanes of at least 4 members (excludes halogenated alkanes) is 36. The van der Waals surface area contributed by atoms with Crippen LogP contribution < -0.4 is 22.6 Å². The highest BCUT2D eigenvalue weighted by atomic mass is 32.2. The summed E-state index contributed by atoms with van der Waals surface area (Å²) < 4.78 is 65.8. The summed E-state index contributed by atoms with van der Waals surface area (Å²) in [4.78, 5) is 66.3. The van der Waals surface area contributed by atoms with Gasteiger partial charge in [-0.15, -0.1) is 0 Å². The van der Waals surface area contributed by atoms with Crippen LogP contribution in [0.2, 0.25) is 0 Å². The topological polar surface area (TPSA) is 282 Å². The van der Waals surface area contributed by atoms with E-state index in [9.17, 15) is 20.2 Å². The number of nitrogens with two attached hydrogens (primary N) is 2. The van der Waals surface area contributed by atoms with Gasteiger partial charge in [0.1, 0.15) is 11.3 Å². The highest BCUT2D eigenvalue weighted by molar-refractivity contribution is 7.89. The SMILES string of the molecule is CCCCCCCCCCCCN(CCCCCCCCCCCC)S(=O)(=O)c1cc(N)c2c(c1)nc1c3ccc4c5c(N)cc6c(=O)n7c(nc8cc(S(=O)(=O)N(CCCCCCCCCCCC)CCCCCCCCCCCC)cc([N+](=O)[O-])c87)c7ccc(c8c([N+](=O)[O-])cc(c(=O)n12)c3c48)c5c67. The molecule has 0 aliphatic rings. The highest BCUT2D eigenvalue weighted by Gasteiger charge is 2.34. The van der Waals surface area contributed by atoms with Crippen LogP contribution in [0.25, 0.3) is 98.0 Å². The lowest BCUT2D eigenvalue weighted by Gasteiger charge is -2.23. The molecule has 22 heteroatoms. The number of sulfonamides is 2. The summed E-state index contributed by atoms with van der Waals surface area (Å²) in [5.74, 6) is 0. The van der Waals surface area contributed by atoms with Crippen LogP contribution >= 0.6 is 0 Å². The number of aromatic nitrogens is 4. The molecule has 0 atom stereocenters. The lowest BCUT2D eigenvalue weighted by atomic mass is 9.84. The van der Waals surface area contributed by atoms with Gasteiger partial charge >= 0.3 is 0 Å². The zero-order valence-electron chi connectivity index (χ0n) is 63.5. The van der Waals surface area contributed by atoms with Gasteiger partial charge in [0.15, 0.2) is 5.52 Å². The van der Waals surface area contributed by atoms with Crippen LogP contribution in [0.4, 0.5) is 22.7 Å². The number of non-ortho nitro benzene ring substituents is 2. The Labute approximate surface area is 624 Å². The first kappa shape index (κ1) is 79.4. The molecular formula is C84H114N10O10S2. The molecule has 7 aromatic carbocycles. The number of nitro benzene ring substituents is 2. The highest BCUT2D eigenvalue weighted by Crippen LogP contribution is 2.51. The van der Waals surface area contributed by atoms with Gasteiger partial charge in [-0.3, -0.25) is 38.6 Å². The van der Waals surface area contributed by atoms with Gasteiger partial charge < -0.3 is 11.5 Å². The summed E-state index contributed by atoms with van der Waals surface area (Å²) in [6.45, 7) is 10.1. The van der Waals surface area contributed by atoms with Gasteiger partial charge in [-0.1, -0.05) is 271 Å². The first-order valence-electron chi connectivity index (χ1n) is 40.7. The Bertz CT molecular complexity index is 5170. The number of pyridine rings is 2. The van der Waals surface area contributed by atoms with E-state index in [0.29, 0.717) is 87.2 Å². The van der Waals surface area contributed by atoms with E-state index in [1.165, 1.54) is 180 Å². The van der Waals surface area contributed by atoms with E-state index in [0.717, 1.165) is 100 Å². The number of imidazole rings is 2. The maximum atomic E-state index is 15.4. The number of hydrogen-bond acceptors (Lipinski definition) is 14. The standard InChI is InChI=1S/C84H114N10O10S2/c1-5-9-13-17-21-25-29-33-37-41-49-89(50-42-38-34-30-26-22-18-14-10-6-2)105(101,102)59-53-68(86)79-69(54-59)87-81-64-47-45-61-75-67(85)57-65-73-63(48-46-62(77(73)75)76-71(93(97)98)58-66(74(64)78(61)76)84(96)91(79)81)82-88-70-55-60(56-72(94(99)100)80(70)92(82)83(65)95)106(103,104)90(51-43-39-35-31-27-23-19-15-11-7-3)52-44-40-36-32-28-24-20-16-12-8-4/h45-48,53-58H,5-44,49-52,85-86H2,1-4H3. The van der Waals surface area contributed by atoms with Crippen molar-refractivity contribution in [2.45, 2.75) is 294 Å². The van der Waals surface area contributed by atoms with E-state index >= 15 is 26.4 Å². The van der Waals surface area contributed by atoms with Crippen LogP contribution in [-0.4, -0.2) is 80.2 Å². The van der Waals surface area contributed by atoms with Crippen molar-refractivity contribution in [1.82, 2.24) is 27.4 Å². The predicted octanol–water partition coefficient (Wildman–Crippen LogP) is 21.9. The number of benzene rings is 7. The van der Waals surface area contributed by atoms with Crippen molar-refractivity contribution >= 4 is 141 Å². The molecule has 11 aromatic rings. The van der Waals surface area contributed by atoms with Crippen LogP contribution in [0.3, 0.4) is 0 Å². The Hall–Kier alpha value is -7.66. The molecule has 0 saturated heterocycles. The van der Waals surface area contributed by atoms with Gasteiger partial charge in [0.2, 0.25) is 20.0 Å². The Kier molecular flexibility index (Phi) is 27.7. The second-order valence-corrected chi connectivity index (χ2v) is 34.3. The first-order chi connectivity index (χ1) is 51.4. The first-order valence-corrected chi connectivity index (χ1v) is 43.6. The summed E-state index contributed by atoms with van der Waals surface area (Å²) in [5, 5.41) is 30.7. The van der Waals surface area contributed by atoms with Crippen LogP contribution in [0, 0.1) is 20.2 Å². The molecule has 0 fully saturated rings. The maximum absolute atomic E-state index is 15.4. The predicted molar refractivity (Wildman–Crippen MR) is 437 cm³/mol. The van der Waals surface area contributed by atoms with Gasteiger partial charge in [0, 0.05) is 81.7 Å². The number of fused-ring (bicyclic) bond motifs is 10. The van der Waals surface area contributed by atoms with Crippen molar-refractivity contribution in [3.63, 3.8) is 0 Å². The lowest BCUT2D eigenvalue weighted by Crippen LogP contribution is -2.33. The van der Waals surface area contributed by atoms with Crippen molar-refractivity contribution in [3.05, 3.63) is 102 Å². The third kappa shape index (κ3) is 17.1. The third-order valence-electron chi connectivity index (χ3n) is 22.6. The van der Waals surface area contributed by atoms with Crippen molar-refractivity contribution in [2.24, 2.45) is 0 Å². The zero-order chi connectivity index (χ0) is 75.1. The van der Waals surface area contributed by atoms with E-state index in [1.807, 2.05) is 0 Å². The average molecular weight is 1490 g/mol. The summed E-state index contributed by atoms with van der Waals surface area (Å²) >= 11 is 0. The molecule has 106 heavy (non-hydrogen) atoms. The molecule has 0 aliphatic carbocycles. The molecule has 0 aliphatic heterocycles. The van der Waals surface area contributed by atoms with Crippen molar-refractivity contribution in [2.75, 3.05) is 37.6 Å². The molecule has 0 radical (unpaired) electrons. The summed E-state index contributed by atoms with van der Waals surface area (Å²) in [6, 6.07) is 14.9. The minimum absolute atomic E-state index is 0.00500. The fourth-order valence-electron chi connectivity index (χ4n) is 16.9. The van der Waals surface area contributed by atoms with Gasteiger partial charge in [-0.2, -0.15) is 8.61 Å². The monoisotopic (exact) mass is 1490 g/mol. The van der Waals surface area contributed by atoms with Crippen LogP contribution in [-0.2, 0) is 20.0 Å². The van der Waals surface area contributed by atoms with Crippen LogP contribution in [0.5, 0.6) is 0 Å². The summed E-state index contributed by atoms with van der Waals surface area (Å²) in [7, 11) is -8.47. The van der Waals surface area contributed by atoms with E-state index in [4.69, 9.17) is 21.4 Å². The summed E-state index contributed by atoms with van der Waals surface area (Å²) in [5.41, 5.74) is 12.1. The van der Waals surface area contributed by atoms with E-state index in [-0.39, 0.29) is 83.8 Å². The number of hydrogen-bond donors (Lipinski definition) is 2. The second kappa shape index (κ2) is 37.0. The smallest absolute Gasteiger partial charge is 0.296 e. The number of anilines is 2. The van der Waals surface area contributed by atoms with Crippen molar-refractivity contribution < 1.29 is 26.7 Å². The Morgan fingerprint density at radius 2 is 0.660 bits per heavy atom. The van der Waals surface area contributed by atoms with E-state index in [2.05, 4.69) is 27.7 Å². The molecule has 4 aromatic heterocycles. The number of rotatable bonds is 50. The molecule has 4 N–H and O–H groups in total. The second-order valence-electron chi connectivity index (χ2n) is 30.4. The van der Waals surface area contributed by atoms with Gasteiger partial charge in [-0.25, -0.2) is 26.8 Å². The fraction of sp³-hybridized carbons (Fsp3) is 0.571. The Morgan fingerprint density at radius 3 is 1.04 bits per heavy atom. The van der Waals surface area contributed by atoms with Gasteiger partial charge in [-0.05, 0) is 72.9 Å². The number of nitrogen functional groups attached to an aromatic ring is 2. The van der Waals surface area contributed by atoms with Crippen molar-refractivity contribution in [1.29, 1.82) is 0 Å². The molecule has 0 saturated carbocycles. The maximum Gasteiger partial charge on any atom is 0.296 e. The molecule has 4 heterocycles. The van der Waals surface area contributed by atoms with Gasteiger partial charge in [0.05, 0.1) is 58.0 Å². The molecule has 0 spiro atoms. The van der Waals surface area contributed by atoms with Crippen LogP contribution in [0.15, 0.2) is 80.0 Å². The average Bonchev–Trinajstić information content (AvgIpc) is 1.14. The summed E-state index contributed by atoms with van der Waals surface area (Å²) in [6.07, 6.45) is 43.8. The minimum Gasteiger partial charge on any atom is -0.398 e. The lowest BCUT2D eigenvalue weighted by molar-refractivity contribution is -0.383. The van der Waals surface area contributed by atoms with Crippen LogP contribution in [0.1, 0.15) is 285 Å². The molecule has 572 valence electrons. The zero-order valence-corrected chi connectivity index (χ0v) is 65.2. The molecule has 0 unspecified atom stereocenters. The molecule has 0 bridgehead atoms. The van der Waals surface area contributed by atoms with Crippen molar-refractivity contribution in [3.8, 4) is 0 Å². The Morgan fingerprint density at radius 1 is 0.349 bits per heavy atom. The Balaban J connectivity index is 0.956. The normalized spacial score (nSPS) is 12.7. The molecule has 20 nitrogen and oxygen atoms in total. The number of nitrogens with zero attached hydrogens (tertiary/aromatic N) is 8.